The summed E-state index contributed by atoms with van der Waals surface area (Å²) < 4.78 is 26.4. The molecule has 4 rings (SSSR count). The monoisotopic (exact) mass is 396 g/mol. The molecule has 7 nitrogen and oxygen atoms in total. The molecule has 148 valence electrons. The number of carbonyl (C=O) groups excluding carboxylic acids is 1. The third-order valence-electron chi connectivity index (χ3n) is 4.62. The number of carbonyl (C=O) groups is 1. The lowest BCUT2D eigenvalue weighted by Crippen LogP contribution is -2.49. The lowest BCUT2D eigenvalue weighted by Gasteiger charge is -2.35. The SMILES string of the molecule is O=C(c1cc(Nc2ccc(F)c(F)c2)ncn1)N1CCN(c2ccccn2)CC1. The molecule has 0 spiro atoms. The van der Waals surface area contributed by atoms with E-state index in [0.717, 1.165) is 18.0 Å². The van der Waals surface area contributed by atoms with Gasteiger partial charge in [-0.2, -0.15) is 0 Å². The van der Waals surface area contributed by atoms with Gasteiger partial charge in [0.1, 0.15) is 23.7 Å². The van der Waals surface area contributed by atoms with Gasteiger partial charge in [-0.1, -0.05) is 6.07 Å². The highest BCUT2D eigenvalue weighted by molar-refractivity contribution is 5.93. The van der Waals surface area contributed by atoms with Gasteiger partial charge < -0.3 is 15.1 Å². The van der Waals surface area contributed by atoms with Crippen molar-refractivity contribution >= 4 is 23.2 Å². The minimum Gasteiger partial charge on any atom is -0.353 e. The quantitative estimate of drug-likeness (QED) is 0.731. The van der Waals surface area contributed by atoms with Gasteiger partial charge in [-0.25, -0.2) is 23.7 Å². The Morgan fingerprint density at radius 3 is 2.48 bits per heavy atom. The number of nitrogens with zero attached hydrogens (tertiary/aromatic N) is 5. The van der Waals surface area contributed by atoms with Gasteiger partial charge in [-0.3, -0.25) is 4.79 Å². The Bertz CT molecular complexity index is 1010. The molecular weight excluding hydrogens is 378 g/mol. The molecule has 0 saturated carbocycles. The van der Waals surface area contributed by atoms with Crippen LogP contribution < -0.4 is 10.2 Å². The van der Waals surface area contributed by atoms with Crippen molar-refractivity contribution in [3.63, 3.8) is 0 Å². The Kier molecular flexibility index (Phi) is 5.28. The first kappa shape index (κ1) is 18.7. The third-order valence-corrected chi connectivity index (χ3v) is 4.62. The van der Waals surface area contributed by atoms with Crippen LogP contribution >= 0.6 is 0 Å². The molecule has 0 atom stereocenters. The van der Waals surface area contributed by atoms with Crippen molar-refractivity contribution in [2.45, 2.75) is 0 Å². The molecule has 0 bridgehead atoms. The highest BCUT2D eigenvalue weighted by Crippen LogP contribution is 2.19. The van der Waals surface area contributed by atoms with Gasteiger partial charge in [-0.05, 0) is 24.3 Å². The largest absolute Gasteiger partial charge is 0.353 e. The van der Waals surface area contributed by atoms with Gasteiger partial charge in [0.2, 0.25) is 0 Å². The number of rotatable bonds is 4. The summed E-state index contributed by atoms with van der Waals surface area (Å²) in [5.74, 6) is -0.896. The number of nitrogens with one attached hydrogen (secondary N) is 1. The van der Waals surface area contributed by atoms with E-state index < -0.39 is 11.6 Å². The van der Waals surface area contributed by atoms with Gasteiger partial charge in [0.05, 0.1) is 0 Å². The van der Waals surface area contributed by atoms with E-state index in [0.29, 0.717) is 37.7 Å². The Hall–Kier alpha value is -3.62. The first-order valence-corrected chi connectivity index (χ1v) is 9.09. The molecule has 1 N–H and O–H groups in total. The second kappa shape index (κ2) is 8.17. The Morgan fingerprint density at radius 1 is 0.931 bits per heavy atom. The molecule has 1 saturated heterocycles. The molecule has 0 unspecified atom stereocenters. The maximum Gasteiger partial charge on any atom is 0.272 e. The van der Waals surface area contributed by atoms with Crippen molar-refractivity contribution in [2.24, 2.45) is 0 Å². The Balaban J connectivity index is 1.41. The maximum atomic E-state index is 13.4. The van der Waals surface area contributed by atoms with Crippen LogP contribution in [-0.4, -0.2) is 51.9 Å². The topological polar surface area (TPSA) is 74.2 Å². The number of piperazine rings is 1. The standard InChI is InChI=1S/C20H18F2N6O/c21-15-5-4-14(11-16(15)22)26-18-12-17(24-13-25-18)20(29)28-9-7-27(8-10-28)19-3-1-2-6-23-19/h1-6,11-13H,7-10H2,(H,24,25,26). The zero-order valence-electron chi connectivity index (χ0n) is 15.4. The van der Waals surface area contributed by atoms with E-state index in [9.17, 15) is 13.6 Å². The molecule has 1 aromatic carbocycles. The number of aromatic nitrogens is 3. The molecule has 1 amide bonds. The van der Waals surface area contributed by atoms with E-state index in [1.165, 1.54) is 18.5 Å². The smallest absolute Gasteiger partial charge is 0.272 e. The Morgan fingerprint density at radius 2 is 1.76 bits per heavy atom. The van der Waals surface area contributed by atoms with Crippen molar-refractivity contribution < 1.29 is 13.6 Å². The van der Waals surface area contributed by atoms with Crippen LogP contribution in [0, 0.1) is 11.6 Å². The predicted molar refractivity (Wildman–Crippen MR) is 104 cm³/mol. The lowest BCUT2D eigenvalue weighted by atomic mass is 10.2. The van der Waals surface area contributed by atoms with Crippen molar-refractivity contribution in [1.82, 2.24) is 19.9 Å². The van der Waals surface area contributed by atoms with Crippen LogP contribution in [0.1, 0.15) is 10.5 Å². The molecule has 9 heteroatoms. The number of hydrogen-bond acceptors (Lipinski definition) is 6. The summed E-state index contributed by atoms with van der Waals surface area (Å²) in [6, 6.07) is 10.7. The van der Waals surface area contributed by atoms with Crippen LogP contribution in [0.4, 0.5) is 26.1 Å². The molecular formula is C20H18F2N6O. The van der Waals surface area contributed by atoms with E-state index in [1.54, 1.807) is 11.1 Å². The number of anilines is 3. The molecule has 3 heterocycles. The second-order valence-corrected chi connectivity index (χ2v) is 6.51. The summed E-state index contributed by atoms with van der Waals surface area (Å²) in [6.45, 7) is 2.44. The van der Waals surface area contributed by atoms with Crippen LogP contribution in [0.2, 0.25) is 0 Å². The van der Waals surface area contributed by atoms with Crippen molar-refractivity contribution in [2.75, 3.05) is 36.4 Å². The van der Waals surface area contributed by atoms with Gasteiger partial charge in [0.15, 0.2) is 11.6 Å². The summed E-state index contributed by atoms with van der Waals surface area (Å²) >= 11 is 0. The first-order chi connectivity index (χ1) is 14.1. The van der Waals surface area contributed by atoms with Gasteiger partial charge in [0, 0.05) is 50.2 Å². The molecule has 1 fully saturated rings. The highest BCUT2D eigenvalue weighted by Gasteiger charge is 2.24. The Labute approximate surface area is 166 Å². The number of benzene rings is 1. The van der Waals surface area contributed by atoms with Gasteiger partial charge in [0.25, 0.3) is 5.91 Å². The van der Waals surface area contributed by atoms with Crippen molar-refractivity contribution in [1.29, 1.82) is 0 Å². The van der Waals surface area contributed by atoms with E-state index >= 15 is 0 Å². The van der Waals surface area contributed by atoms with E-state index in [4.69, 9.17) is 0 Å². The van der Waals surface area contributed by atoms with Crippen LogP contribution in [0.3, 0.4) is 0 Å². The fourth-order valence-corrected chi connectivity index (χ4v) is 3.11. The summed E-state index contributed by atoms with van der Waals surface area (Å²) in [5, 5.41) is 2.85. The fourth-order valence-electron chi connectivity index (χ4n) is 3.11. The zero-order chi connectivity index (χ0) is 20.2. The van der Waals surface area contributed by atoms with E-state index in [2.05, 4.69) is 25.2 Å². The summed E-state index contributed by atoms with van der Waals surface area (Å²) in [6.07, 6.45) is 3.01. The average Bonchev–Trinajstić information content (AvgIpc) is 2.77. The van der Waals surface area contributed by atoms with Crippen molar-refractivity contribution in [3.05, 3.63) is 72.3 Å². The average molecular weight is 396 g/mol. The molecule has 2 aromatic heterocycles. The molecule has 1 aliphatic heterocycles. The number of pyridine rings is 1. The number of amides is 1. The lowest BCUT2D eigenvalue weighted by molar-refractivity contribution is 0.0740. The summed E-state index contributed by atoms with van der Waals surface area (Å²) in [7, 11) is 0. The van der Waals surface area contributed by atoms with Crippen LogP contribution in [-0.2, 0) is 0 Å². The number of halogens is 2. The summed E-state index contributed by atoms with van der Waals surface area (Å²) in [4.78, 5) is 29.1. The van der Waals surface area contributed by atoms with Gasteiger partial charge in [-0.15, -0.1) is 0 Å². The van der Waals surface area contributed by atoms with E-state index in [1.807, 2.05) is 18.2 Å². The maximum absolute atomic E-state index is 13.4. The molecule has 1 aliphatic rings. The molecule has 29 heavy (non-hydrogen) atoms. The normalized spacial score (nSPS) is 14.0. The van der Waals surface area contributed by atoms with Crippen LogP contribution in [0.15, 0.2) is 55.0 Å². The van der Waals surface area contributed by atoms with Crippen molar-refractivity contribution in [3.8, 4) is 0 Å². The first-order valence-electron chi connectivity index (χ1n) is 9.09. The molecule has 0 aliphatic carbocycles. The van der Waals surface area contributed by atoms with Gasteiger partial charge >= 0.3 is 0 Å². The minimum atomic E-state index is -0.967. The molecule has 0 radical (unpaired) electrons. The second-order valence-electron chi connectivity index (χ2n) is 6.51. The minimum absolute atomic E-state index is 0.207. The van der Waals surface area contributed by atoms with E-state index in [-0.39, 0.29) is 11.6 Å². The van der Waals surface area contributed by atoms with Crippen LogP contribution in [0.5, 0.6) is 0 Å². The predicted octanol–water partition coefficient (Wildman–Crippen LogP) is 2.86. The number of hydrogen-bond donors (Lipinski definition) is 1. The fraction of sp³-hybridized carbons (Fsp3) is 0.200. The van der Waals surface area contributed by atoms with Crippen LogP contribution in [0.25, 0.3) is 0 Å². The highest BCUT2D eigenvalue weighted by atomic mass is 19.2. The molecule has 3 aromatic rings. The zero-order valence-corrected chi connectivity index (χ0v) is 15.4. The summed E-state index contributed by atoms with van der Waals surface area (Å²) in [5.41, 5.74) is 0.557. The third kappa shape index (κ3) is 4.29.